The molecule has 0 bridgehead atoms. The molecule has 1 amide bonds. The number of hydrogen-bond donors (Lipinski definition) is 1. The summed E-state index contributed by atoms with van der Waals surface area (Å²) in [5, 5.41) is 2.85. The van der Waals surface area contributed by atoms with Crippen molar-refractivity contribution in [1.82, 2.24) is 14.9 Å². The standard InChI is InChI=1S/C31H35N3O2/c1-24-16-12-13-21-28(24)36-31(35)32-22-14-4-3-5-15-23-34-25(2)33-29(26-17-8-6-9-18-26)30(34)27-19-10-7-11-20-27/h6-13,16-21H,3-5,14-15,22-23H2,1-2H3,(H,32,35). The van der Waals surface area contributed by atoms with E-state index in [1.54, 1.807) is 0 Å². The van der Waals surface area contributed by atoms with E-state index in [9.17, 15) is 4.79 Å². The number of rotatable bonds is 11. The summed E-state index contributed by atoms with van der Waals surface area (Å²) < 4.78 is 7.74. The van der Waals surface area contributed by atoms with Crippen LogP contribution in [0.1, 0.15) is 43.5 Å². The van der Waals surface area contributed by atoms with E-state index in [0.29, 0.717) is 12.3 Å². The highest BCUT2D eigenvalue weighted by atomic mass is 16.6. The van der Waals surface area contributed by atoms with Gasteiger partial charge in [-0.3, -0.25) is 0 Å². The van der Waals surface area contributed by atoms with E-state index in [1.165, 1.54) is 11.3 Å². The van der Waals surface area contributed by atoms with Crippen LogP contribution in [0.3, 0.4) is 0 Å². The Balaban J connectivity index is 1.25. The van der Waals surface area contributed by atoms with Gasteiger partial charge in [-0.1, -0.05) is 98.1 Å². The number of para-hydroxylation sites is 1. The highest BCUT2D eigenvalue weighted by molar-refractivity contribution is 5.79. The predicted molar refractivity (Wildman–Crippen MR) is 146 cm³/mol. The molecule has 0 atom stereocenters. The van der Waals surface area contributed by atoms with Gasteiger partial charge in [-0.15, -0.1) is 0 Å². The van der Waals surface area contributed by atoms with Crippen LogP contribution in [-0.4, -0.2) is 22.2 Å². The minimum Gasteiger partial charge on any atom is -0.410 e. The van der Waals surface area contributed by atoms with Gasteiger partial charge in [0.15, 0.2) is 0 Å². The maximum atomic E-state index is 12.0. The molecule has 1 aromatic heterocycles. The third kappa shape index (κ3) is 6.63. The summed E-state index contributed by atoms with van der Waals surface area (Å²) in [7, 11) is 0. The molecule has 1 N–H and O–H groups in total. The topological polar surface area (TPSA) is 56.1 Å². The normalized spacial score (nSPS) is 10.8. The molecule has 0 saturated carbocycles. The van der Waals surface area contributed by atoms with Crippen LogP contribution in [0.15, 0.2) is 84.9 Å². The first-order valence-corrected chi connectivity index (χ1v) is 12.8. The minimum atomic E-state index is -0.387. The van der Waals surface area contributed by atoms with Crippen molar-refractivity contribution in [1.29, 1.82) is 0 Å². The summed E-state index contributed by atoms with van der Waals surface area (Å²) >= 11 is 0. The molecule has 0 saturated heterocycles. The molecular weight excluding hydrogens is 446 g/mol. The number of ether oxygens (including phenoxy) is 1. The minimum absolute atomic E-state index is 0.387. The van der Waals surface area contributed by atoms with Crippen molar-refractivity contribution in [2.75, 3.05) is 6.54 Å². The Morgan fingerprint density at radius 1 is 0.778 bits per heavy atom. The number of imidazole rings is 1. The van der Waals surface area contributed by atoms with Gasteiger partial charge < -0.3 is 14.6 Å². The summed E-state index contributed by atoms with van der Waals surface area (Å²) in [5.74, 6) is 1.65. The van der Waals surface area contributed by atoms with Crippen LogP contribution < -0.4 is 10.1 Å². The number of benzene rings is 3. The third-order valence-corrected chi connectivity index (χ3v) is 6.38. The largest absolute Gasteiger partial charge is 0.412 e. The number of unbranched alkanes of at least 4 members (excludes halogenated alkanes) is 4. The lowest BCUT2D eigenvalue weighted by molar-refractivity contribution is 0.200. The summed E-state index contributed by atoms with van der Waals surface area (Å²) in [6, 6.07) is 28.5. The number of nitrogens with zero attached hydrogens (tertiary/aromatic N) is 2. The number of amides is 1. The van der Waals surface area contributed by atoms with E-state index < -0.39 is 0 Å². The average molecular weight is 482 g/mol. The van der Waals surface area contributed by atoms with Crippen LogP contribution in [-0.2, 0) is 6.54 Å². The fraction of sp³-hybridized carbons (Fsp3) is 0.290. The van der Waals surface area contributed by atoms with E-state index in [0.717, 1.165) is 61.3 Å². The van der Waals surface area contributed by atoms with Gasteiger partial charge >= 0.3 is 6.09 Å². The second-order valence-electron chi connectivity index (χ2n) is 9.09. The predicted octanol–water partition coefficient (Wildman–Crippen LogP) is 7.57. The van der Waals surface area contributed by atoms with Gasteiger partial charge in [0.05, 0.1) is 11.4 Å². The van der Waals surface area contributed by atoms with E-state index in [1.807, 2.05) is 37.3 Å². The van der Waals surface area contributed by atoms with Crippen molar-refractivity contribution >= 4 is 6.09 Å². The highest BCUT2D eigenvalue weighted by Gasteiger charge is 2.17. The third-order valence-electron chi connectivity index (χ3n) is 6.38. The van der Waals surface area contributed by atoms with Gasteiger partial charge in [0.1, 0.15) is 11.6 Å². The van der Waals surface area contributed by atoms with Gasteiger partial charge in [-0.05, 0) is 38.3 Å². The Bertz CT molecular complexity index is 1250. The summed E-state index contributed by atoms with van der Waals surface area (Å²) in [5.41, 5.74) is 5.53. The van der Waals surface area contributed by atoms with Crippen molar-refractivity contribution in [2.24, 2.45) is 0 Å². The maximum absolute atomic E-state index is 12.0. The summed E-state index contributed by atoms with van der Waals surface area (Å²) in [6.07, 6.45) is 5.00. The fourth-order valence-electron chi connectivity index (χ4n) is 4.45. The smallest absolute Gasteiger partial charge is 0.410 e. The van der Waals surface area contributed by atoms with Gasteiger partial charge in [-0.2, -0.15) is 0 Å². The second-order valence-corrected chi connectivity index (χ2v) is 9.09. The summed E-state index contributed by atoms with van der Waals surface area (Å²) in [6.45, 7) is 5.60. The first kappa shape index (κ1) is 25.2. The molecule has 36 heavy (non-hydrogen) atoms. The van der Waals surface area contributed by atoms with Gasteiger partial charge in [0.25, 0.3) is 0 Å². The zero-order chi connectivity index (χ0) is 25.2. The Hall–Kier alpha value is -3.86. The van der Waals surface area contributed by atoms with Crippen LogP contribution >= 0.6 is 0 Å². The molecule has 0 aliphatic heterocycles. The average Bonchev–Trinajstić information content (AvgIpc) is 3.24. The first-order chi connectivity index (χ1) is 17.6. The van der Waals surface area contributed by atoms with Crippen molar-refractivity contribution in [3.63, 3.8) is 0 Å². The monoisotopic (exact) mass is 481 g/mol. The lowest BCUT2D eigenvalue weighted by Crippen LogP contribution is -2.27. The molecule has 1 heterocycles. The number of aryl methyl sites for hydroxylation is 2. The molecule has 5 nitrogen and oxygen atoms in total. The molecule has 0 aliphatic rings. The van der Waals surface area contributed by atoms with Crippen molar-refractivity contribution in [3.8, 4) is 28.3 Å². The van der Waals surface area contributed by atoms with Crippen LogP contribution in [0.2, 0.25) is 0 Å². The Labute approximate surface area is 214 Å². The second kappa shape index (κ2) is 12.7. The van der Waals surface area contributed by atoms with E-state index in [2.05, 4.69) is 71.4 Å². The molecule has 3 aromatic carbocycles. The molecule has 186 valence electrons. The quantitative estimate of drug-likeness (QED) is 0.225. The number of carbonyl (C=O) groups excluding carboxylic acids is 1. The summed E-state index contributed by atoms with van der Waals surface area (Å²) in [4.78, 5) is 17.0. The van der Waals surface area contributed by atoms with Crippen LogP contribution in [0.25, 0.3) is 22.5 Å². The van der Waals surface area contributed by atoms with Gasteiger partial charge in [-0.25, -0.2) is 9.78 Å². The Kier molecular flexibility index (Phi) is 8.92. The molecule has 5 heteroatoms. The van der Waals surface area contributed by atoms with Crippen molar-refractivity contribution in [2.45, 2.75) is 52.5 Å². The highest BCUT2D eigenvalue weighted by Crippen LogP contribution is 2.33. The molecular formula is C31H35N3O2. The number of aromatic nitrogens is 2. The zero-order valence-electron chi connectivity index (χ0n) is 21.2. The van der Waals surface area contributed by atoms with Gasteiger partial charge in [0.2, 0.25) is 0 Å². The number of nitrogens with one attached hydrogen (secondary N) is 1. The SMILES string of the molecule is Cc1ccccc1OC(=O)NCCCCCCCn1c(C)nc(-c2ccccc2)c1-c1ccccc1. The Morgan fingerprint density at radius 3 is 2.11 bits per heavy atom. The molecule has 0 aliphatic carbocycles. The first-order valence-electron chi connectivity index (χ1n) is 12.8. The molecule has 0 spiro atoms. The number of hydrogen-bond acceptors (Lipinski definition) is 3. The Morgan fingerprint density at radius 2 is 1.39 bits per heavy atom. The van der Waals surface area contributed by atoms with Crippen LogP contribution in [0.4, 0.5) is 4.79 Å². The number of carbonyl (C=O) groups is 1. The van der Waals surface area contributed by atoms with Gasteiger partial charge in [0, 0.05) is 24.2 Å². The maximum Gasteiger partial charge on any atom is 0.412 e. The zero-order valence-corrected chi connectivity index (χ0v) is 21.2. The molecule has 4 aromatic rings. The molecule has 0 radical (unpaired) electrons. The fourth-order valence-corrected chi connectivity index (χ4v) is 4.45. The molecule has 4 rings (SSSR count). The molecule has 0 fully saturated rings. The van der Waals surface area contributed by atoms with Crippen LogP contribution in [0.5, 0.6) is 5.75 Å². The lowest BCUT2D eigenvalue weighted by Gasteiger charge is -2.12. The van der Waals surface area contributed by atoms with Crippen molar-refractivity contribution < 1.29 is 9.53 Å². The lowest BCUT2D eigenvalue weighted by atomic mass is 10.0. The van der Waals surface area contributed by atoms with E-state index >= 15 is 0 Å². The van der Waals surface area contributed by atoms with E-state index in [4.69, 9.17) is 9.72 Å². The van der Waals surface area contributed by atoms with E-state index in [-0.39, 0.29) is 6.09 Å². The van der Waals surface area contributed by atoms with Crippen LogP contribution in [0, 0.1) is 13.8 Å². The van der Waals surface area contributed by atoms with Crippen molar-refractivity contribution in [3.05, 3.63) is 96.3 Å². The molecule has 0 unspecified atom stereocenters.